The maximum Gasteiger partial charge on any atom is 0.304 e. The fourth-order valence-corrected chi connectivity index (χ4v) is 2.06. The molecule has 2 aromatic heterocycles. The maximum absolute atomic E-state index is 11.0. The molecule has 17 heavy (non-hydrogen) atoms. The molecule has 2 rings (SSSR count). The van der Waals surface area contributed by atoms with Crippen LogP contribution < -0.4 is 10.2 Å². The molecular weight excluding hydrogens is 236 g/mol. The maximum atomic E-state index is 11.0. The van der Waals surface area contributed by atoms with Crippen molar-refractivity contribution in [1.29, 1.82) is 0 Å². The summed E-state index contributed by atoms with van der Waals surface area (Å²) in [5, 5.41) is 4.97. The quantitative estimate of drug-likeness (QED) is 0.848. The van der Waals surface area contributed by atoms with Gasteiger partial charge in [0.2, 0.25) is 0 Å². The second-order valence-corrected chi connectivity index (χ2v) is 4.51. The first kappa shape index (κ1) is 11.8. The molecule has 2 aromatic rings. The summed E-state index contributed by atoms with van der Waals surface area (Å²) in [7, 11) is 0. The first-order valence-corrected chi connectivity index (χ1v) is 6.37. The van der Waals surface area contributed by atoms with Crippen molar-refractivity contribution in [3.63, 3.8) is 0 Å². The Morgan fingerprint density at radius 3 is 3.06 bits per heavy atom. The van der Waals surface area contributed by atoms with Gasteiger partial charge in [-0.2, -0.15) is 0 Å². The van der Waals surface area contributed by atoms with Crippen molar-refractivity contribution >= 4 is 17.2 Å². The van der Waals surface area contributed by atoms with Gasteiger partial charge in [-0.1, -0.05) is 24.7 Å². The van der Waals surface area contributed by atoms with Gasteiger partial charge in [0.15, 0.2) is 0 Å². The second kappa shape index (κ2) is 5.58. The number of aromatic amines is 1. The standard InChI is InChI=1S/C11H14N4OS/c1-2-3-8-4-10(14-7-13-8)12-5-9-6-17-11(16)15-9/h4,6-7H,2-3,5H2,1H3,(H,15,16)(H,12,13,14). The zero-order valence-electron chi connectivity index (χ0n) is 9.56. The molecule has 0 aliphatic carbocycles. The van der Waals surface area contributed by atoms with Crippen LogP contribution in [-0.2, 0) is 13.0 Å². The highest BCUT2D eigenvalue weighted by atomic mass is 32.1. The molecule has 0 spiro atoms. The minimum Gasteiger partial charge on any atom is -0.364 e. The first-order valence-electron chi connectivity index (χ1n) is 5.49. The highest BCUT2D eigenvalue weighted by Crippen LogP contribution is 2.07. The average Bonchev–Trinajstić information content (AvgIpc) is 2.74. The van der Waals surface area contributed by atoms with Gasteiger partial charge in [-0.05, 0) is 6.42 Å². The third-order valence-electron chi connectivity index (χ3n) is 2.26. The Morgan fingerprint density at radius 2 is 2.35 bits per heavy atom. The normalized spacial score (nSPS) is 10.4. The van der Waals surface area contributed by atoms with Crippen LogP contribution in [0.4, 0.5) is 5.82 Å². The summed E-state index contributed by atoms with van der Waals surface area (Å²) in [6.07, 6.45) is 3.57. The third kappa shape index (κ3) is 3.39. The van der Waals surface area contributed by atoms with Gasteiger partial charge in [-0.25, -0.2) is 9.97 Å². The Kier molecular flexibility index (Phi) is 3.87. The van der Waals surface area contributed by atoms with Crippen molar-refractivity contribution in [2.45, 2.75) is 26.3 Å². The molecule has 0 aliphatic heterocycles. The molecule has 0 aromatic carbocycles. The molecule has 0 saturated heterocycles. The van der Waals surface area contributed by atoms with Crippen molar-refractivity contribution in [3.05, 3.63) is 38.8 Å². The van der Waals surface area contributed by atoms with E-state index < -0.39 is 0 Å². The Hall–Kier alpha value is -1.69. The predicted octanol–water partition coefficient (Wildman–Crippen LogP) is 1.79. The molecule has 0 atom stereocenters. The number of nitrogens with zero attached hydrogens (tertiary/aromatic N) is 2. The Balaban J connectivity index is 1.98. The summed E-state index contributed by atoms with van der Waals surface area (Å²) in [4.78, 5) is 22.0. The number of anilines is 1. The number of aromatic nitrogens is 3. The Morgan fingerprint density at radius 1 is 1.47 bits per heavy atom. The van der Waals surface area contributed by atoms with E-state index in [9.17, 15) is 4.79 Å². The van der Waals surface area contributed by atoms with Crippen molar-refractivity contribution in [3.8, 4) is 0 Å². The fraction of sp³-hybridized carbons (Fsp3) is 0.364. The summed E-state index contributed by atoms with van der Waals surface area (Å²) < 4.78 is 0. The van der Waals surface area contributed by atoms with Gasteiger partial charge in [0, 0.05) is 22.8 Å². The number of hydrogen-bond donors (Lipinski definition) is 2. The molecule has 2 heterocycles. The number of thiazole rings is 1. The minimum atomic E-state index is -0.0313. The van der Waals surface area contributed by atoms with Gasteiger partial charge in [-0.15, -0.1) is 0 Å². The third-order valence-corrected chi connectivity index (χ3v) is 2.98. The van der Waals surface area contributed by atoms with Gasteiger partial charge >= 0.3 is 4.87 Å². The molecule has 0 bridgehead atoms. The summed E-state index contributed by atoms with van der Waals surface area (Å²) in [6, 6.07) is 1.94. The Labute approximate surface area is 103 Å². The molecule has 0 aliphatic rings. The van der Waals surface area contributed by atoms with Gasteiger partial charge in [-0.3, -0.25) is 4.79 Å². The van der Waals surface area contributed by atoms with E-state index in [1.165, 1.54) is 11.3 Å². The summed E-state index contributed by atoms with van der Waals surface area (Å²) in [5.41, 5.74) is 1.90. The number of hydrogen-bond acceptors (Lipinski definition) is 5. The van der Waals surface area contributed by atoms with Crippen LogP contribution >= 0.6 is 11.3 Å². The molecule has 0 saturated carbocycles. The molecule has 5 nitrogen and oxygen atoms in total. The largest absolute Gasteiger partial charge is 0.364 e. The van der Waals surface area contributed by atoms with Gasteiger partial charge in [0.1, 0.15) is 12.1 Å². The lowest BCUT2D eigenvalue weighted by atomic mass is 10.2. The lowest BCUT2D eigenvalue weighted by molar-refractivity contribution is 0.871. The molecule has 0 amide bonds. The lowest BCUT2D eigenvalue weighted by Gasteiger charge is -2.04. The first-order chi connectivity index (χ1) is 8.28. The van der Waals surface area contributed by atoms with Crippen LogP contribution in [0, 0.1) is 0 Å². The molecule has 0 radical (unpaired) electrons. The topological polar surface area (TPSA) is 70.7 Å². The van der Waals surface area contributed by atoms with E-state index in [0.29, 0.717) is 6.54 Å². The van der Waals surface area contributed by atoms with Crippen LogP contribution in [0.5, 0.6) is 0 Å². The molecule has 90 valence electrons. The second-order valence-electron chi connectivity index (χ2n) is 3.67. The van der Waals surface area contributed by atoms with E-state index in [0.717, 1.165) is 30.0 Å². The summed E-state index contributed by atoms with van der Waals surface area (Å²) in [5.74, 6) is 0.787. The molecule has 2 N–H and O–H groups in total. The molecule has 6 heteroatoms. The zero-order chi connectivity index (χ0) is 12.1. The smallest absolute Gasteiger partial charge is 0.304 e. The molecule has 0 fully saturated rings. The van der Waals surface area contributed by atoms with Crippen LogP contribution in [0.15, 0.2) is 22.6 Å². The van der Waals surface area contributed by atoms with Gasteiger partial charge in [0.05, 0.1) is 6.54 Å². The van der Waals surface area contributed by atoms with Gasteiger partial charge < -0.3 is 10.3 Å². The van der Waals surface area contributed by atoms with E-state index >= 15 is 0 Å². The van der Waals surface area contributed by atoms with E-state index in [4.69, 9.17) is 0 Å². The van der Waals surface area contributed by atoms with Crippen LogP contribution in [0.3, 0.4) is 0 Å². The highest BCUT2D eigenvalue weighted by molar-refractivity contribution is 7.07. The number of nitrogens with one attached hydrogen (secondary N) is 2. The van der Waals surface area contributed by atoms with Crippen molar-refractivity contribution in [2.75, 3.05) is 5.32 Å². The highest BCUT2D eigenvalue weighted by Gasteiger charge is 2.00. The average molecular weight is 250 g/mol. The Bertz CT molecular complexity index is 534. The number of H-pyrrole nitrogens is 1. The predicted molar refractivity (Wildman–Crippen MR) is 68.3 cm³/mol. The van der Waals surface area contributed by atoms with E-state index in [-0.39, 0.29) is 4.87 Å². The van der Waals surface area contributed by atoms with Crippen LogP contribution in [0.2, 0.25) is 0 Å². The zero-order valence-corrected chi connectivity index (χ0v) is 10.4. The van der Waals surface area contributed by atoms with Crippen molar-refractivity contribution < 1.29 is 0 Å². The van der Waals surface area contributed by atoms with Crippen LogP contribution in [0.1, 0.15) is 24.7 Å². The van der Waals surface area contributed by atoms with Crippen molar-refractivity contribution in [1.82, 2.24) is 15.0 Å². The monoisotopic (exact) mass is 250 g/mol. The lowest BCUT2D eigenvalue weighted by Crippen LogP contribution is -2.05. The van der Waals surface area contributed by atoms with Crippen LogP contribution in [0.25, 0.3) is 0 Å². The molecular formula is C11H14N4OS. The van der Waals surface area contributed by atoms with Crippen LogP contribution in [-0.4, -0.2) is 15.0 Å². The van der Waals surface area contributed by atoms with E-state index in [1.807, 2.05) is 11.4 Å². The van der Waals surface area contributed by atoms with E-state index in [1.54, 1.807) is 6.33 Å². The minimum absolute atomic E-state index is 0.0313. The SMILES string of the molecule is CCCc1cc(NCc2csc(=O)[nH]2)ncn1. The number of aryl methyl sites for hydroxylation is 1. The van der Waals surface area contributed by atoms with Gasteiger partial charge in [0.25, 0.3) is 0 Å². The van der Waals surface area contributed by atoms with Crippen molar-refractivity contribution in [2.24, 2.45) is 0 Å². The summed E-state index contributed by atoms with van der Waals surface area (Å²) >= 11 is 1.17. The fourth-order valence-electron chi connectivity index (χ4n) is 1.47. The summed E-state index contributed by atoms with van der Waals surface area (Å²) in [6.45, 7) is 2.69. The van der Waals surface area contributed by atoms with E-state index in [2.05, 4.69) is 27.2 Å². The molecule has 0 unspecified atom stereocenters. The number of rotatable bonds is 5.